The number of benzene rings is 3. The number of nitrogens with one attached hydrogen (secondary N) is 2. The number of amides is 3. The van der Waals surface area contributed by atoms with Crippen LogP contribution in [0, 0.1) is 5.82 Å². The molecule has 0 bridgehead atoms. The lowest BCUT2D eigenvalue weighted by molar-refractivity contribution is -0.126. The molecule has 0 spiro atoms. The molecule has 202 valence electrons. The van der Waals surface area contributed by atoms with Crippen molar-refractivity contribution in [2.24, 2.45) is 0 Å². The van der Waals surface area contributed by atoms with Gasteiger partial charge >= 0.3 is 6.09 Å². The summed E-state index contributed by atoms with van der Waals surface area (Å²) in [6.07, 6.45) is 0.00532. The second kappa shape index (κ2) is 12.0. The zero-order chi connectivity index (χ0) is 28.1. The van der Waals surface area contributed by atoms with E-state index in [0.717, 1.165) is 5.56 Å². The average molecular weight is 559 g/mol. The Morgan fingerprint density at radius 1 is 0.975 bits per heavy atom. The molecule has 2 N–H and O–H groups in total. The van der Waals surface area contributed by atoms with Crippen LogP contribution < -0.4 is 10.6 Å². The summed E-state index contributed by atoms with van der Waals surface area (Å²) in [5, 5.41) is 6.12. The van der Waals surface area contributed by atoms with E-state index in [1.165, 1.54) is 29.2 Å². The van der Waals surface area contributed by atoms with Gasteiger partial charge in [-0.05, 0) is 71.8 Å². The summed E-state index contributed by atoms with van der Waals surface area (Å²) in [5.41, 5.74) is 2.59. The lowest BCUT2D eigenvalue weighted by Gasteiger charge is -2.24. The van der Waals surface area contributed by atoms with E-state index >= 15 is 0 Å². The molecule has 2 atom stereocenters. The summed E-state index contributed by atoms with van der Waals surface area (Å²) in [5.74, 6) is -1.31. The smallest absolute Gasteiger partial charge is 0.411 e. The fourth-order valence-corrected chi connectivity index (χ4v) is 4.64. The second-order valence-corrected chi connectivity index (χ2v) is 9.57. The van der Waals surface area contributed by atoms with Gasteiger partial charge in [0, 0.05) is 22.5 Å². The van der Waals surface area contributed by atoms with Gasteiger partial charge < -0.3 is 15.4 Å². The Morgan fingerprint density at radius 3 is 2.52 bits per heavy atom. The first-order chi connectivity index (χ1) is 19.4. The molecule has 5 rings (SSSR count). The maximum absolute atomic E-state index is 13.6. The molecule has 4 aromatic rings. The molecule has 2 unspecified atom stereocenters. The van der Waals surface area contributed by atoms with Crippen molar-refractivity contribution in [1.29, 1.82) is 0 Å². The van der Waals surface area contributed by atoms with Crippen molar-refractivity contribution in [3.63, 3.8) is 0 Å². The number of nitrogens with zero attached hydrogens (tertiary/aromatic N) is 2. The minimum absolute atomic E-state index is 0.0958. The summed E-state index contributed by atoms with van der Waals surface area (Å²) in [4.78, 5) is 44.9. The zero-order valence-corrected chi connectivity index (χ0v) is 21.8. The molecule has 3 aromatic carbocycles. The van der Waals surface area contributed by atoms with Gasteiger partial charge in [-0.2, -0.15) is 0 Å². The molecule has 2 heterocycles. The molecule has 40 heavy (non-hydrogen) atoms. The van der Waals surface area contributed by atoms with E-state index in [1.54, 1.807) is 66.9 Å². The van der Waals surface area contributed by atoms with E-state index < -0.39 is 35.9 Å². The summed E-state index contributed by atoms with van der Waals surface area (Å²) in [7, 11) is 0. The number of hydrogen-bond acceptors (Lipinski definition) is 5. The number of ether oxygens (including phenoxy) is 1. The van der Waals surface area contributed by atoms with Crippen LogP contribution in [0.15, 0.2) is 97.2 Å². The Labute approximate surface area is 234 Å². The monoisotopic (exact) mass is 558 g/mol. The van der Waals surface area contributed by atoms with Gasteiger partial charge in [0.15, 0.2) is 12.1 Å². The number of carbonyl (C=O) groups excluding carboxylic acids is 3. The molecule has 3 amide bonds. The first-order valence-corrected chi connectivity index (χ1v) is 12.8. The van der Waals surface area contributed by atoms with E-state index in [2.05, 4.69) is 15.6 Å². The highest BCUT2D eigenvalue weighted by Crippen LogP contribution is 2.35. The quantitative estimate of drug-likeness (QED) is 0.297. The topological polar surface area (TPSA) is 101 Å². The molecule has 10 heteroatoms. The van der Waals surface area contributed by atoms with E-state index in [9.17, 15) is 18.8 Å². The molecule has 8 nitrogen and oxygen atoms in total. The Morgan fingerprint density at radius 2 is 1.77 bits per heavy atom. The summed E-state index contributed by atoms with van der Waals surface area (Å²) in [6.45, 7) is 0.258. The fourth-order valence-electron chi connectivity index (χ4n) is 4.42. The van der Waals surface area contributed by atoms with E-state index in [0.29, 0.717) is 22.0 Å². The van der Waals surface area contributed by atoms with Crippen LogP contribution in [0.4, 0.5) is 14.9 Å². The first kappa shape index (κ1) is 26.8. The first-order valence-electron chi connectivity index (χ1n) is 12.4. The zero-order valence-electron chi connectivity index (χ0n) is 21.1. The highest BCUT2D eigenvalue weighted by molar-refractivity contribution is 6.30. The predicted octanol–water partition coefficient (Wildman–Crippen LogP) is 5.50. The third-order valence-corrected chi connectivity index (χ3v) is 6.58. The molecular weight excluding hydrogens is 535 g/mol. The molecular formula is C30H24ClFN4O4. The van der Waals surface area contributed by atoms with Crippen LogP contribution in [0.3, 0.4) is 0 Å². The Kier molecular flexibility index (Phi) is 8.02. The second-order valence-electron chi connectivity index (χ2n) is 9.13. The lowest BCUT2D eigenvalue weighted by Crippen LogP contribution is -2.46. The van der Waals surface area contributed by atoms with Gasteiger partial charge in [-0.25, -0.2) is 9.18 Å². The van der Waals surface area contributed by atoms with Gasteiger partial charge in [0.25, 0.3) is 5.91 Å². The number of carbonyl (C=O) groups is 3. The number of hydrogen-bond donors (Lipinski definition) is 2. The highest BCUT2D eigenvalue weighted by atomic mass is 35.5. The number of halogens is 2. The SMILES string of the molecule is O=C(Nc1cccc(C2OC(=O)N(Cc3cccc(Cl)c3)C2C(=O)NCc2ccccn2)c1)c1ccc(F)cc1. The minimum atomic E-state index is -1.02. The van der Waals surface area contributed by atoms with Crippen molar-refractivity contribution in [3.8, 4) is 0 Å². The van der Waals surface area contributed by atoms with E-state index in [1.807, 2.05) is 6.07 Å². The van der Waals surface area contributed by atoms with Gasteiger partial charge in [0.05, 0.1) is 18.8 Å². The molecule has 0 aliphatic carbocycles. The number of anilines is 1. The van der Waals surface area contributed by atoms with Crippen LogP contribution in [0.2, 0.25) is 5.02 Å². The third kappa shape index (κ3) is 6.27. The van der Waals surface area contributed by atoms with Crippen molar-refractivity contribution < 1.29 is 23.5 Å². The molecule has 1 fully saturated rings. The molecule has 0 radical (unpaired) electrons. The van der Waals surface area contributed by atoms with Crippen molar-refractivity contribution in [2.75, 3.05) is 5.32 Å². The molecule has 1 saturated heterocycles. The van der Waals surface area contributed by atoms with Crippen molar-refractivity contribution in [3.05, 3.63) is 130 Å². The van der Waals surface area contributed by atoms with Crippen molar-refractivity contribution in [1.82, 2.24) is 15.2 Å². The van der Waals surface area contributed by atoms with Gasteiger partial charge in [0.1, 0.15) is 5.82 Å². The average Bonchev–Trinajstić information content (AvgIpc) is 3.28. The highest BCUT2D eigenvalue weighted by Gasteiger charge is 2.47. The maximum atomic E-state index is 13.6. The van der Waals surface area contributed by atoms with Crippen LogP contribution in [-0.2, 0) is 22.6 Å². The molecule has 1 aromatic heterocycles. The van der Waals surface area contributed by atoms with Crippen molar-refractivity contribution >= 4 is 35.2 Å². The Hall–Kier alpha value is -4.76. The van der Waals surface area contributed by atoms with Gasteiger partial charge in [-0.15, -0.1) is 0 Å². The molecule has 0 saturated carbocycles. The van der Waals surface area contributed by atoms with Gasteiger partial charge in [-0.1, -0.05) is 41.9 Å². The van der Waals surface area contributed by atoms with Crippen LogP contribution in [-0.4, -0.2) is 33.8 Å². The predicted molar refractivity (Wildman–Crippen MR) is 147 cm³/mol. The van der Waals surface area contributed by atoms with Crippen LogP contribution in [0.1, 0.15) is 33.3 Å². The normalized spacial score (nSPS) is 16.4. The molecule has 1 aliphatic rings. The Bertz CT molecular complexity index is 1530. The maximum Gasteiger partial charge on any atom is 0.411 e. The summed E-state index contributed by atoms with van der Waals surface area (Å²) < 4.78 is 19.0. The number of rotatable bonds is 8. The fraction of sp³-hybridized carbons (Fsp3) is 0.133. The van der Waals surface area contributed by atoms with Crippen LogP contribution in [0.5, 0.6) is 0 Å². The third-order valence-electron chi connectivity index (χ3n) is 6.34. The van der Waals surface area contributed by atoms with E-state index in [4.69, 9.17) is 16.3 Å². The van der Waals surface area contributed by atoms with Crippen LogP contribution in [0.25, 0.3) is 0 Å². The standard InChI is InChI=1S/C30H24ClFN4O4/c31-22-7-3-5-19(15-22)18-36-26(29(38)34-17-25-8-1-2-14-33-25)27(40-30(36)39)21-6-4-9-24(16-21)35-28(37)20-10-12-23(32)13-11-20/h1-16,26-27H,17-18H2,(H,34,38)(H,35,37). The largest absolute Gasteiger partial charge is 0.438 e. The van der Waals surface area contributed by atoms with Gasteiger partial charge in [0.2, 0.25) is 5.91 Å². The van der Waals surface area contributed by atoms with Crippen LogP contribution >= 0.6 is 11.6 Å². The minimum Gasteiger partial charge on any atom is -0.438 e. The number of aromatic nitrogens is 1. The summed E-state index contributed by atoms with van der Waals surface area (Å²) in [6, 6.07) is 23.2. The number of pyridine rings is 1. The Balaban J connectivity index is 1.40. The van der Waals surface area contributed by atoms with Crippen molar-refractivity contribution in [2.45, 2.75) is 25.2 Å². The lowest BCUT2D eigenvalue weighted by atomic mass is 10.00. The van der Waals surface area contributed by atoms with E-state index in [-0.39, 0.29) is 18.7 Å². The molecule has 1 aliphatic heterocycles. The van der Waals surface area contributed by atoms with Gasteiger partial charge in [-0.3, -0.25) is 19.5 Å². The summed E-state index contributed by atoms with van der Waals surface area (Å²) >= 11 is 6.14. The number of cyclic esters (lactones) is 1.